The summed E-state index contributed by atoms with van der Waals surface area (Å²) >= 11 is 0. The highest BCUT2D eigenvalue weighted by Crippen LogP contribution is 1.90. The molecule has 0 aliphatic heterocycles. The normalized spacial score (nSPS) is 11.2. The van der Waals surface area contributed by atoms with Crippen molar-refractivity contribution < 1.29 is 0 Å². The minimum atomic E-state index is 0.778. The summed E-state index contributed by atoms with van der Waals surface area (Å²) in [5, 5.41) is 7.76. The second-order valence-electron chi connectivity index (χ2n) is 3.00. The minimum Gasteiger partial charge on any atom is -0.255 e. The Morgan fingerprint density at radius 3 is 1.62 bits per heavy atom. The first kappa shape index (κ1) is 10.2. The van der Waals surface area contributed by atoms with Crippen LogP contribution in [0.1, 0.15) is 11.4 Å². The van der Waals surface area contributed by atoms with E-state index >= 15 is 0 Å². The molecule has 0 bridgehead atoms. The van der Waals surface area contributed by atoms with E-state index in [2.05, 4.69) is 20.2 Å². The van der Waals surface area contributed by atoms with Crippen molar-refractivity contribution in [3.8, 4) is 0 Å². The first-order valence-corrected chi connectivity index (χ1v) is 4.83. The van der Waals surface area contributed by atoms with Gasteiger partial charge in [-0.25, -0.2) is 0 Å². The molecule has 4 nitrogen and oxygen atoms in total. The SMILES string of the molecule is C(=N\N=C\c1ccccn1)/c1ccccn1. The fourth-order valence-corrected chi connectivity index (χ4v) is 1.09. The third-order valence-electron chi connectivity index (χ3n) is 1.82. The van der Waals surface area contributed by atoms with Crippen molar-refractivity contribution in [2.45, 2.75) is 0 Å². The van der Waals surface area contributed by atoms with E-state index in [1.54, 1.807) is 24.8 Å². The zero-order valence-corrected chi connectivity index (χ0v) is 8.56. The molecule has 0 radical (unpaired) electrons. The molecule has 0 atom stereocenters. The number of hydrogen-bond acceptors (Lipinski definition) is 4. The zero-order valence-electron chi connectivity index (χ0n) is 8.56. The monoisotopic (exact) mass is 210 g/mol. The fraction of sp³-hybridized carbons (Fsp3) is 0. The van der Waals surface area contributed by atoms with E-state index in [9.17, 15) is 0 Å². The largest absolute Gasteiger partial charge is 0.255 e. The Morgan fingerprint density at radius 2 is 1.25 bits per heavy atom. The van der Waals surface area contributed by atoms with E-state index < -0.39 is 0 Å². The van der Waals surface area contributed by atoms with Crippen LogP contribution in [0.5, 0.6) is 0 Å². The smallest absolute Gasteiger partial charge is 0.0831 e. The van der Waals surface area contributed by atoms with Gasteiger partial charge in [0.05, 0.1) is 23.8 Å². The van der Waals surface area contributed by atoms with Crippen LogP contribution in [-0.2, 0) is 0 Å². The third kappa shape index (κ3) is 3.09. The molecule has 16 heavy (non-hydrogen) atoms. The van der Waals surface area contributed by atoms with E-state index in [0.717, 1.165) is 11.4 Å². The average Bonchev–Trinajstić information content (AvgIpc) is 2.37. The van der Waals surface area contributed by atoms with Gasteiger partial charge in [0.15, 0.2) is 0 Å². The van der Waals surface area contributed by atoms with Crippen molar-refractivity contribution in [3.63, 3.8) is 0 Å². The highest BCUT2D eigenvalue weighted by molar-refractivity contribution is 5.79. The lowest BCUT2D eigenvalue weighted by atomic mass is 10.4. The average molecular weight is 210 g/mol. The first-order chi connectivity index (χ1) is 7.95. The van der Waals surface area contributed by atoms with Crippen molar-refractivity contribution in [2.75, 3.05) is 0 Å². The molecule has 2 aromatic rings. The third-order valence-corrected chi connectivity index (χ3v) is 1.82. The van der Waals surface area contributed by atoms with Gasteiger partial charge in [0.25, 0.3) is 0 Å². The van der Waals surface area contributed by atoms with Gasteiger partial charge in [-0.3, -0.25) is 9.97 Å². The second-order valence-corrected chi connectivity index (χ2v) is 3.00. The van der Waals surface area contributed by atoms with Crippen molar-refractivity contribution in [2.24, 2.45) is 10.2 Å². The summed E-state index contributed by atoms with van der Waals surface area (Å²) in [6, 6.07) is 11.2. The molecule has 0 aliphatic carbocycles. The molecule has 0 amide bonds. The Hall–Kier alpha value is -2.36. The van der Waals surface area contributed by atoms with Gasteiger partial charge in [-0.1, -0.05) is 12.1 Å². The van der Waals surface area contributed by atoms with Gasteiger partial charge >= 0.3 is 0 Å². The first-order valence-electron chi connectivity index (χ1n) is 4.83. The molecule has 2 heterocycles. The van der Waals surface area contributed by atoms with Gasteiger partial charge in [-0.15, -0.1) is 0 Å². The molecule has 0 saturated heterocycles. The van der Waals surface area contributed by atoms with Crippen LogP contribution in [0.2, 0.25) is 0 Å². The van der Waals surface area contributed by atoms with E-state index in [0.29, 0.717) is 0 Å². The van der Waals surface area contributed by atoms with Crippen molar-refractivity contribution in [1.82, 2.24) is 9.97 Å². The van der Waals surface area contributed by atoms with Gasteiger partial charge in [0.2, 0.25) is 0 Å². The molecule has 2 rings (SSSR count). The lowest BCUT2D eigenvalue weighted by molar-refractivity contribution is 1.22. The molecular formula is C12H10N4. The van der Waals surface area contributed by atoms with Crippen LogP contribution >= 0.6 is 0 Å². The summed E-state index contributed by atoms with van der Waals surface area (Å²) in [6.07, 6.45) is 6.62. The molecule has 0 unspecified atom stereocenters. The molecule has 0 N–H and O–H groups in total. The highest BCUT2D eigenvalue weighted by Gasteiger charge is 1.85. The number of hydrogen-bond donors (Lipinski definition) is 0. The zero-order chi connectivity index (χ0) is 11.1. The van der Waals surface area contributed by atoms with Crippen molar-refractivity contribution >= 4 is 12.4 Å². The Kier molecular flexibility index (Phi) is 3.50. The number of nitrogens with zero attached hydrogens (tertiary/aromatic N) is 4. The summed E-state index contributed by atoms with van der Waals surface area (Å²) in [6.45, 7) is 0. The Labute approximate surface area is 93.4 Å². The molecule has 0 aliphatic rings. The van der Waals surface area contributed by atoms with Crippen LogP contribution < -0.4 is 0 Å². The summed E-state index contributed by atoms with van der Waals surface area (Å²) < 4.78 is 0. The maximum absolute atomic E-state index is 4.08. The molecular weight excluding hydrogens is 200 g/mol. The Bertz CT molecular complexity index is 429. The van der Waals surface area contributed by atoms with E-state index in [1.807, 2.05) is 36.4 Å². The van der Waals surface area contributed by atoms with Gasteiger partial charge in [-0.2, -0.15) is 10.2 Å². The predicted molar refractivity (Wildman–Crippen MR) is 63.7 cm³/mol. The van der Waals surface area contributed by atoms with Crippen LogP contribution in [0.25, 0.3) is 0 Å². The predicted octanol–water partition coefficient (Wildman–Crippen LogP) is 1.93. The lowest BCUT2D eigenvalue weighted by Gasteiger charge is -1.88. The molecule has 0 spiro atoms. The lowest BCUT2D eigenvalue weighted by Crippen LogP contribution is -1.85. The molecule has 2 aromatic heterocycles. The van der Waals surface area contributed by atoms with Crippen LogP contribution in [0, 0.1) is 0 Å². The fourth-order valence-electron chi connectivity index (χ4n) is 1.09. The van der Waals surface area contributed by atoms with Crippen LogP contribution in [0.3, 0.4) is 0 Å². The van der Waals surface area contributed by atoms with Gasteiger partial charge in [-0.05, 0) is 24.3 Å². The number of aromatic nitrogens is 2. The number of rotatable bonds is 3. The van der Waals surface area contributed by atoms with Crippen LogP contribution in [0.4, 0.5) is 0 Å². The van der Waals surface area contributed by atoms with Crippen LogP contribution in [0.15, 0.2) is 59.0 Å². The van der Waals surface area contributed by atoms with Crippen molar-refractivity contribution in [3.05, 3.63) is 60.2 Å². The summed E-state index contributed by atoms with van der Waals surface area (Å²) in [4.78, 5) is 8.17. The molecule has 78 valence electrons. The maximum atomic E-state index is 4.08. The Balaban J connectivity index is 1.98. The Morgan fingerprint density at radius 1 is 0.750 bits per heavy atom. The molecule has 0 aromatic carbocycles. The molecule has 0 fully saturated rings. The van der Waals surface area contributed by atoms with Gasteiger partial charge in [0, 0.05) is 12.4 Å². The number of pyridine rings is 2. The topological polar surface area (TPSA) is 50.5 Å². The standard InChI is InChI=1S/C12H10N4/c1-3-7-13-11(5-1)9-15-16-10-12-6-2-4-8-14-12/h1-10H/b15-9+,16-10+. The van der Waals surface area contributed by atoms with E-state index in [1.165, 1.54) is 0 Å². The summed E-state index contributed by atoms with van der Waals surface area (Å²) in [5.41, 5.74) is 1.56. The van der Waals surface area contributed by atoms with Crippen molar-refractivity contribution in [1.29, 1.82) is 0 Å². The van der Waals surface area contributed by atoms with E-state index in [4.69, 9.17) is 0 Å². The van der Waals surface area contributed by atoms with E-state index in [-0.39, 0.29) is 0 Å². The minimum absolute atomic E-state index is 0.778. The van der Waals surface area contributed by atoms with Crippen LogP contribution in [-0.4, -0.2) is 22.4 Å². The molecule has 0 saturated carbocycles. The van der Waals surface area contributed by atoms with Gasteiger partial charge in [0.1, 0.15) is 0 Å². The van der Waals surface area contributed by atoms with Gasteiger partial charge < -0.3 is 0 Å². The highest BCUT2D eigenvalue weighted by atomic mass is 15.2. The quantitative estimate of drug-likeness (QED) is 0.574. The summed E-state index contributed by atoms with van der Waals surface area (Å²) in [7, 11) is 0. The second kappa shape index (κ2) is 5.50. The summed E-state index contributed by atoms with van der Waals surface area (Å²) in [5.74, 6) is 0. The molecule has 4 heteroatoms. The maximum Gasteiger partial charge on any atom is 0.0831 e.